The zero-order valence-corrected chi connectivity index (χ0v) is 13.5. The molecule has 24 heavy (non-hydrogen) atoms. The van der Waals surface area contributed by atoms with Gasteiger partial charge >= 0.3 is 0 Å². The minimum atomic E-state index is -0.0494. The number of rotatable bonds is 5. The molecule has 3 aromatic carbocycles. The number of hydrogen-bond acceptors (Lipinski definition) is 1. The summed E-state index contributed by atoms with van der Waals surface area (Å²) >= 11 is 0. The number of nitrogens with zero attached hydrogens (tertiary/aromatic N) is 1. The summed E-state index contributed by atoms with van der Waals surface area (Å²) in [5.41, 5.74) is 4.31. The standard InChI is InChI=1S/C23H19N/c1-2-12-22(19-13-6-3-7-14-19)24-23(20-15-8-4-9-16-20)21-17-10-5-11-18-21/h1,3-11,13-18,22H,12H2/t22-/m0/s1. The first-order valence-corrected chi connectivity index (χ1v) is 8.05. The first-order valence-electron chi connectivity index (χ1n) is 8.05. The predicted octanol–water partition coefficient (Wildman–Crippen LogP) is 5.29. The third-order valence-corrected chi connectivity index (χ3v) is 3.87. The van der Waals surface area contributed by atoms with Crippen LogP contribution in [0.3, 0.4) is 0 Å². The molecule has 1 nitrogen and oxygen atoms in total. The smallest absolute Gasteiger partial charge is 0.0865 e. The molecule has 0 spiro atoms. The van der Waals surface area contributed by atoms with Crippen LogP contribution >= 0.6 is 0 Å². The second kappa shape index (κ2) is 7.94. The molecule has 0 heterocycles. The minimum Gasteiger partial charge on any atom is -0.275 e. The SMILES string of the molecule is C#CC[C@H](N=C(c1ccccc1)c1ccccc1)c1ccccc1. The molecule has 1 heteroatoms. The molecule has 3 rings (SSSR count). The molecule has 1 atom stereocenters. The van der Waals surface area contributed by atoms with Gasteiger partial charge in [0.1, 0.15) is 0 Å². The predicted molar refractivity (Wildman–Crippen MR) is 101 cm³/mol. The van der Waals surface area contributed by atoms with Crippen molar-refractivity contribution in [3.05, 3.63) is 108 Å². The lowest BCUT2D eigenvalue weighted by Crippen LogP contribution is -2.07. The van der Waals surface area contributed by atoms with Crippen molar-refractivity contribution in [1.29, 1.82) is 0 Å². The summed E-state index contributed by atoms with van der Waals surface area (Å²) in [4.78, 5) is 5.05. The molecular formula is C23H19N. The molecule has 0 saturated heterocycles. The van der Waals surface area contributed by atoms with Crippen LogP contribution in [-0.4, -0.2) is 5.71 Å². The van der Waals surface area contributed by atoms with Crippen LogP contribution in [0.15, 0.2) is 96.0 Å². The van der Waals surface area contributed by atoms with Crippen molar-refractivity contribution in [3.63, 3.8) is 0 Å². The van der Waals surface area contributed by atoms with Crippen molar-refractivity contribution < 1.29 is 0 Å². The average molecular weight is 309 g/mol. The Kier molecular flexibility index (Phi) is 5.22. The Morgan fingerprint density at radius 3 is 1.67 bits per heavy atom. The van der Waals surface area contributed by atoms with Crippen LogP contribution < -0.4 is 0 Å². The van der Waals surface area contributed by atoms with Gasteiger partial charge in [-0.05, 0) is 5.56 Å². The zero-order valence-electron chi connectivity index (χ0n) is 13.5. The van der Waals surface area contributed by atoms with Gasteiger partial charge < -0.3 is 0 Å². The number of hydrogen-bond donors (Lipinski definition) is 0. The first-order chi connectivity index (χ1) is 11.9. The molecule has 0 aromatic heterocycles. The van der Waals surface area contributed by atoms with Gasteiger partial charge in [0.25, 0.3) is 0 Å². The molecule has 0 saturated carbocycles. The van der Waals surface area contributed by atoms with E-state index in [1.165, 1.54) is 0 Å². The molecule has 0 radical (unpaired) electrons. The lowest BCUT2D eigenvalue weighted by molar-refractivity contribution is 0.758. The summed E-state index contributed by atoms with van der Waals surface area (Å²) < 4.78 is 0. The van der Waals surface area contributed by atoms with Crippen LogP contribution in [-0.2, 0) is 0 Å². The Bertz CT molecular complexity index is 786. The van der Waals surface area contributed by atoms with E-state index in [1.807, 2.05) is 54.6 Å². The molecule has 0 N–H and O–H groups in total. The molecule has 0 aliphatic carbocycles. The summed E-state index contributed by atoms with van der Waals surface area (Å²) in [6.45, 7) is 0. The van der Waals surface area contributed by atoms with E-state index in [0.717, 1.165) is 22.4 Å². The summed E-state index contributed by atoms with van der Waals surface area (Å²) in [7, 11) is 0. The molecule has 0 amide bonds. The molecule has 116 valence electrons. The highest BCUT2D eigenvalue weighted by molar-refractivity contribution is 6.13. The van der Waals surface area contributed by atoms with Crippen molar-refractivity contribution in [2.75, 3.05) is 0 Å². The van der Waals surface area contributed by atoms with Crippen molar-refractivity contribution in [2.45, 2.75) is 12.5 Å². The summed E-state index contributed by atoms with van der Waals surface area (Å²) in [5.74, 6) is 2.77. The largest absolute Gasteiger partial charge is 0.275 e. The number of terminal acetylenes is 1. The normalized spacial score (nSPS) is 11.3. The van der Waals surface area contributed by atoms with Crippen molar-refractivity contribution in [1.82, 2.24) is 0 Å². The lowest BCUT2D eigenvalue weighted by atomic mass is 10.00. The highest BCUT2D eigenvalue weighted by Crippen LogP contribution is 2.23. The summed E-state index contributed by atoms with van der Waals surface area (Å²) in [6.07, 6.45) is 6.18. The molecule has 0 fully saturated rings. The fraction of sp³-hybridized carbons (Fsp3) is 0.0870. The lowest BCUT2D eigenvalue weighted by Gasteiger charge is -2.14. The quantitative estimate of drug-likeness (QED) is 0.448. The van der Waals surface area contributed by atoms with Crippen LogP contribution in [0.2, 0.25) is 0 Å². The van der Waals surface area contributed by atoms with Gasteiger partial charge in [-0.25, -0.2) is 0 Å². The van der Waals surface area contributed by atoms with E-state index in [4.69, 9.17) is 11.4 Å². The number of benzene rings is 3. The van der Waals surface area contributed by atoms with Gasteiger partial charge in [0.05, 0.1) is 11.8 Å². The molecule has 0 unspecified atom stereocenters. The monoisotopic (exact) mass is 309 g/mol. The summed E-state index contributed by atoms with van der Waals surface area (Å²) in [6, 6.07) is 30.7. The topological polar surface area (TPSA) is 12.4 Å². The molecular weight excluding hydrogens is 290 g/mol. The maximum absolute atomic E-state index is 5.60. The Hall–Kier alpha value is -3.11. The van der Waals surface area contributed by atoms with Crippen molar-refractivity contribution in [2.24, 2.45) is 4.99 Å². The van der Waals surface area contributed by atoms with Gasteiger partial charge in [-0.3, -0.25) is 4.99 Å². The van der Waals surface area contributed by atoms with Gasteiger partial charge in [0.2, 0.25) is 0 Å². The van der Waals surface area contributed by atoms with Crippen LogP contribution in [0.4, 0.5) is 0 Å². The second-order valence-corrected chi connectivity index (χ2v) is 5.54. The van der Waals surface area contributed by atoms with E-state index < -0.39 is 0 Å². The van der Waals surface area contributed by atoms with Gasteiger partial charge in [0, 0.05) is 17.5 Å². The molecule has 0 bridgehead atoms. The minimum absolute atomic E-state index is 0.0494. The summed E-state index contributed by atoms with van der Waals surface area (Å²) in [5, 5.41) is 0. The fourth-order valence-electron chi connectivity index (χ4n) is 2.69. The highest BCUT2D eigenvalue weighted by atomic mass is 14.8. The first kappa shape index (κ1) is 15.8. The Morgan fingerprint density at radius 2 is 1.21 bits per heavy atom. The van der Waals surface area contributed by atoms with Gasteiger partial charge in [-0.15, -0.1) is 12.3 Å². The van der Waals surface area contributed by atoms with Crippen molar-refractivity contribution >= 4 is 5.71 Å². The van der Waals surface area contributed by atoms with Gasteiger partial charge in [-0.1, -0.05) is 91.0 Å². The van der Waals surface area contributed by atoms with Crippen LogP contribution in [0.5, 0.6) is 0 Å². The van der Waals surface area contributed by atoms with Crippen LogP contribution in [0.25, 0.3) is 0 Å². The van der Waals surface area contributed by atoms with E-state index in [-0.39, 0.29) is 6.04 Å². The number of aliphatic imine (C=N–C) groups is 1. The van der Waals surface area contributed by atoms with E-state index in [1.54, 1.807) is 0 Å². The van der Waals surface area contributed by atoms with Gasteiger partial charge in [-0.2, -0.15) is 0 Å². The zero-order chi connectivity index (χ0) is 16.6. The highest BCUT2D eigenvalue weighted by Gasteiger charge is 2.13. The van der Waals surface area contributed by atoms with E-state index in [2.05, 4.69) is 42.3 Å². The Labute approximate surface area is 143 Å². The van der Waals surface area contributed by atoms with Crippen molar-refractivity contribution in [3.8, 4) is 12.3 Å². The van der Waals surface area contributed by atoms with Crippen LogP contribution in [0.1, 0.15) is 29.2 Å². The maximum Gasteiger partial charge on any atom is 0.0865 e. The molecule has 3 aromatic rings. The van der Waals surface area contributed by atoms with E-state index in [9.17, 15) is 0 Å². The fourth-order valence-corrected chi connectivity index (χ4v) is 2.69. The Morgan fingerprint density at radius 1 is 0.750 bits per heavy atom. The Balaban J connectivity index is 2.10. The van der Waals surface area contributed by atoms with E-state index in [0.29, 0.717) is 6.42 Å². The van der Waals surface area contributed by atoms with E-state index >= 15 is 0 Å². The molecule has 0 aliphatic rings. The van der Waals surface area contributed by atoms with Crippen LogP contribution in [0, 0.1) is 12.3 Å². The molecule has 0 aliphatic heterocycles. The maximum atomic E-state index is 5.60. The average Bonchev–Trinajstić information content (AvgIpc) is 2.67. The second-order valence-electron chi connectivity index (χ2n) is 5.54. The third kappa shape index (κ3) is 3.80. The third-order valence-electron chi connectivity index (χ3n) is 3.87. The van der Waals surface area contributed by atoms with Gasteiger partial charge in [0.15, 0.2) is 0 Å².